The standard InChI is InChI=1S/C22H25N3O3S/c1-4-22(2,3)15-7-10-17-18(13-23)21(29-19(17)12-15)24-20(26)11-14-5-8-16(9-6-14)25(27)28/h5-6,8-9,15H,4,7,10-12H2,1-3H3,(H,24,26)/t15-/m1/s1. The molecule has 2 aromatic rings. The van der Waals surface area contributed by atoms with Gasteiger partial charge in [-0.2, -0.15) is 5.26 Å². The predicted molar refractivity (Wildman–Crippen MR) is 114 cm³/mol. The van der Waals surface area contributed by atoms with E-state index in [1.165, 1.54) is 28.3 Å². The number of nitro benzene ring substituents is 1. The molecule has 1 atom stereocenters. The maximum atomic E-state index is 12.5. The summed E-state index contributed by atoms with van der Waals surface area (Å²) in [5.41, 5.74) is 2.63. The van der Waals surface area contributed by atoms with E-state index in [2.05, 4.69) is 32.2 Å². The topological polar surface area (TPSA) is 96.0 Å². The molecule has 152 valence electrons. The molecule has 29 heavy (non-hydrogen) atoms. The van der Waals surface area contributed by atoms with Gasteiger partial charge in [0.1, 0.15) is 11.1 Å². The fourth-order valence-corrected chi connectivity index (χ4v) is 5.13. The van der Waals surface area contributed by atoms with Gasteiger partial charge in [-0.3, -0.25) is 14.9 Å². The number of nitro groups is 1. The van der Waals surface area contributed by atoms with E-state index in [4.69, 9.17) is 0 Å². The maximum absolute atomic E-state index is 12.5. The molecule has 1 aliphatic rings. The summed E-state index contributed by atoms with van der Waals surface area (Å²) in [5.74, 6) is 0.355. The lowest BCUT2D eigenvalue weighted by Gasteiger charge is -2.36. The molecule has 0 saturated carbocycles. The number of hydrogen-bond acceptors (Lipinski definition) is 5. The molecule has 0 fully saturated rings. The van der Waals surface area contributed by atoms with Gasteiger partial charge in [0, 0.05) is 17.0 Å². The Balaban J connectivity index is 1.74. The number of nitrogens with zero attached hydrogens (tertiary/aromatic N) is 2. The number of carbonyl (C=O) groups is 1. The lowest BCUT2D eigenvalue weighted by Crippen LogP contribution is -2.28. The smallest absolute Gasteiger partial charge is 0.269 e. The van der Waals surface area contributed by atoms with Gasteiger partial charge in [0.2, 0.25) is 5.91 Å². The molecule has 0 bridgehead atoms. The first-order valence-electron chi connectivity index (χ1n) is 9.83. The van der Waals surface area contributed by atoms with E-state index in [1.807, 2.05) is 0 Å². The van der Waals surface area contributed by atoms with Crippen molar-refractivity contribution >= 4 is 27.9 Å². The number of hydrogen-bond donors (Lipinski definition) is 1. The highest BCUT2D eigenvalue weighted by molar-refractivity contribution is 7.16. The number of non-ortho nitro benzene ring substituents is 1. The van der Waals surface area contributed by atoms with Crippen LogP contribution in [-0.2, 0) is 24.1 Å². The third-order valence-electron chi connectivity index (χ3n) is 6.16. The van der Waals surface area contributed by atoms with Crippen LogP contribution in [0.3, 0.4) is 0 Å². The third-order valence-corrected chi connectivity index (χ3v) is 7.33. The summed E-state index contributed by atoms with van der Waals surface area (Å²) in [6.07, 6.45) is 4.11. The molecular weight excluding hydrogens is 386 g/mol. The second-order valence-electron chi connectivity index (χ2n) is 8.25. The summed E-state index contributed by atoms with van der Waals surface area (Å²) in [4.78, 5) is 24.0. The van der Waals surface area contributed by atoms with Crippen molar-refractivity contribution in [2.75, 3.05) is 5.32 Å². The highest BCUT2D eigenvalue weighted by Crippen LogP contribution is 2.45. The van der Waals surface area contributed by atoms with Gasteiger partial charge >= 0.3 is 0 Å². The highest BCUT2D eigenvalue weighted by atomic mass is 32.1. The zero-order chi connectivity index (χ0) is 21.2. The third kappa shape index (κ3) is 4.48. The maximum Gasteiger partial charge on any atom is 0.269 e. The largest absolute Gasteiger partial charge is 0.316 e. The monoisotopic (exact) mass is 411 g/mol. The van der Waals surface area contributed by atoms with E-state index in [0.29, 0.717) is 22.0 Å². The normalized spacial score (nSPS) is 16.0. The van der Waals surface area contributed by atoms with E-state index >= 15 is 0 Å². The number of benzene rings is 1. The van der Waals surface area contributed by atoms with Crippen LogP contribution in [0, 0.1) is 32.8 Å². The Bertz CT molecular complexity index is 970. The quantitative estimate of drug-likeness (QED) is 0.518. The van der Waals surface area contributed by atoms with Crippen molar-refractivity contribution in [2.24, 2.45) is 11.3 Å². The minimum Gasteiger partial charge on any atom is -0.316 e. The summed E-state index contributed by atoms with van der Waals surface area (Å²) in [6, 6.07) is 8.23. The average molecular weight is 412 g/mol. The molecular formula is C22H25N3O3S. The average Bonchev–Trinajstić information content (AvgIpc) is 3.04. The van der Waals surface area contributed by atoms with Gasteiger partial charge in [-0.15, -0.1) is 11.3 Å². The number of thiophene rings is 1. The Morgan fingerprint density at radius 2 is 2.07 bits per heavy atom. The number of rotatable bonds is 6. The summed E-state index contributed by atoms with van der Waals surface area (Å²) in [7, 11) is 0. The lowest BCUT2D eigenvalue weighted by molar-refractivity contribution is -0.384. The fourth-order valence-electron chi connectivity index (χ4n) is 3.84. The first-order valence-corrected chi connectivity index (χ1v) is 10.6. The summed E-state index contributed by atoms with van der Waals surface area (Å²) in [5, 5.41) is 23.9. The Morgan fingerprint density at radius 3 is 2.66 bits per heavy atom. The second kappa shape index (κ2) is 8.34. The first-order chi connectivity index (χ1) is 13.7. The molecule has 7 heteroatoms. The van der Waals surface area contributed by atoms with Crippen LogP contribution in [0.15, 0.2) is 24.3 Å². The minimum absolute atomic E-state index is 0.00332. The van der Waals surface area contributed by atoms with E-state index in [-0.39, 0.29) is 23.4 Å². The molecule has 0 unspecified atom stereocenters. The first kappa shape index (κ1) is 21.0. The Labute approximate surface area is 174 Å². The van der Waals surface area contributed by atoms with Crippen molar-refractivity contribution in [1.29, 1.82) is 5.26 Å². The minimum atomic E-state index is -0.466. The van der Waals surface area contributed by atoms with Crippen molar-refractivity contribution in [3.05, 3.63) is 55.9 Å². The van der Waals surface area contributed by atoms with Crippen LogP contribution in [0.25, 0.3) is 0 Å². The van der Waals surface area contributed by atoms with Crippen LogP contribution in [0.5, 0.6) is 0 Å². The molecule has 0 saturated heterocycles. The van der Waals surface area contributed by atoms with Crippen molar-refractivity contribution in [1.82, 2.24) is 0 Å². The Hall–Kier alpha value is -2.72. The zero-order valence-electron chi connectivity index (χ0n) is 16.9. The number of nitriles is 1. The number of carbonyl (C=O) groups excluding carboxylic acids is 1. The second-order valence-corrected chi connectivity index (χ2v) is 9.36. The highest BCUT2D eigenvalue weighted by Gasteiger charge is 2.34. The van der Waals surface area contributed by atoms with Gasteiger partial charge in [-0.1, -0.05) is 39.3 Å². The summed E-state index contributed by atoms with van der Waals surface area (Å²) in [6.45, 7) is 6.82. The molecule has 0 aliphatic heterocycles. The molecule has 0 spiro atoms. The van der Waals surface area contributed by atoms with Gasteiger partial charge < -0.3 is 5.32 Å². The van der Waals surface area contributed by atoms with Gasteiger partial charge in [0.25, 0.3) is 5.69 Å². The van der Waals surface area contributed by atoms with E-state index in [0.717, 1.165) is 31.2 Å². The van der Waals surface area contributed by atoms with Crippen LogP contribution >= 0.6 is 11.3 Å². The Morgan fingerprint density at radius 1 is 1.38 bits per heavy atom. The van der Waals surface area contributed by atoms with Gasteiger partial charge in [0.05, 0.1) is 16.9 Å². The molecule has 3 rings (SSSR count). The van der Waals surface area contributed by atoms with Crippen molar-refractivity contribution in [3.8, 4) is 6.07 Å². The van der Waals surface area contributed by atoms with Gasteiger partial charge in [-0.25, -0.2) is 0 Å². The summed E-state index contributed by atoms with van der Waals surface area (Å²) < 4.78 is 0. The number of fused-ring (bicyclic) bond motifs is 1. The Kier molecular flexibility index (Phi) is 6.04. The van der Waals surface area contributed by atoms with Crippen LogP contribution in [0.4, 0.5) is 10.7 Å². The molecule has 0 radical (unpaired) electrons. The van der Waals surface area contributed by atoms with Crippen molar-refractivity contribution < 1.29 is 9.72 Å². The molecule has 6 nitrogen and oxygen atoms in total. The van der Waals surface area contributed by atoms with Crippen molar-refractivity contribution in [2.45, 2.75) is 52.9 Å². The fraction of sp³-hybridized carbons (Fsp3) is 0.455. The zero-order valence-corrected chi connectivity index (χ0v) is 17.8. The van der Waals surface area contributed by atoms with Crippen LogP contribution in [-0.4, -0.2) is 10.8 Å². The van der Waals surface area contributed by atoms with Crippen LogP contribution in [0.2, 0.25) is 0 Å². The molecule has 1 N–H and O–H groups in total. The summed E-state index contributed by atoms with van der Waals surface area (Å²) >= 11 is 1.52. The lowest BCUT2D eigenvalue weighted by atomic mass is 9.69. The van der Waals surface area contributed by atoms with E-state index in [1.54, 1.807) is 12.1 Å². The molecule has 1 heterocycles. The van der Waals surface area contributed by atoms with E-state index in [9.17, 15) is 20.2 Å². The molecule has 1 aromatic carbocycles. The van der Waals surface area contributed by atoms with Crippen LogP contribution in [0.1, 0.15) is 55.2 Å². The number of anilines is 1. The van der Waals surface area contributed by atoms with Crippen molar-refractivity contribution in [3.63, 3.8) is 0 Å². The van der Waals surface area contributed by atoms with Gasteiger partial charge in [0.15, 0.2) is 0 Å². The number of amides is 1. The molecule has 1 aromatic heterocycles. The van der Waals surface area contributed by atoms with Gasteiger partial charge in [-0.05, 0) is 41.7 Å². The number of nitrogens with one attached hydrogen (secondary N) is 1. The van der Waals surface area contributed by atoms with Crippen LogP contribution < -0.4 is 5.32 Å². The molecule has 1 amide bonds. The predicted octanol–water partition coefficient (Wildman–Crippen LogP) is 5.25. The molecule has 1 aliphatic carbocycles. The SMILES string of the molecule is CCC(C)(C)[C@@H]1CCc2c(sc(NC(=O)Cc3ccc([N+](=O)[O-])cc3)c2C#N)C1. The van der Waals surface area contributed by atoms with E-state index < -0.39 is 4.92 Å².